The van der Waals surface area contributed by atoms with E-state index in [1.165, 1.54) is 12.1 Å². The van der Waals surface area contributed by atoms with Crippen molar-refractivity contribution in [1.29, 1.82) is 0 Å². The summed E-state index contributed by atoms with van der Waals surface area (Å²) in [5, 5.41) is 0.107. The number of nitrogens with two attached hydrogens (primary N) is 1. The molecule has 17 heavy (non-hydrogen) atoms. The van der Waals surface area contributed by atoms with E-state index in [0.717, 1.165) is 12.1 Å². The first-order chi connectivity index (χ1) is 8.13. The molecule has 0 spiro atoms. The number of aromatic nitrogens is 2. The van der Waals surface area contributed by atoms with E-state index in [2.05, 4.69) is 4.98 Å². The van der Waals surface area contributed by atoms with Gasteiger partial charge in [0.05, 0.1) is 23.2 Å². The molecule has 0 amide bonds. The largest absolute Gasteiger partial charge is 0.323 e. The Morgan fingerprint density at radius 1 is 1.53 bits per heavy atom. The molecule has 0 saturated carbocycles. The maximum Gasteiger partial charge on any atom is 0.143 e. The van der Waals surface area contributed by atoms with Crippen molar-refractivity contribution in [2.45, 2.75) is 19.4 Å². The highest BCUT2D eigenvalue weighted by atomic mass is 35.5. The van der Waals surface area contributed by atoms with Crippen molar-refractivity contribution in [1.82, 2.24) is 9.55 Å². The van der Waals surface area contributed by atoms with Gasteiger partial charge >= 0.3 is 0 Å². The van der Waals surface area contributed by atoms with E-state index in [1.54, 1.807) is 23.2 Å². The van der Waals surface area contributed by atoms with Crippen LogP contribution in [0.25, 0.3) is 5.69 Å². The molecule has 0 fully saturated rings. The Morgan fingerprint density at radius 3 is 2.94 bits per heavy atom. The molecule has 1 atom stereocenters. The molecule has 0 aliphatic heterocycles. The summed E-state index contributed by atoms with van der Waals surface area (Å²) in [5.41, 5.74) is 7.49. The third-order valence-corrected chi connectivity index (χ3v) is 2.97. The van der Waals surface area contributed by atoms with E-state index in [-0.39, 0.29) is 11.1 Å². The predicted octanol–water partition coefficient (Wildman–Crippen LogP) is 3.07. The van der Waals surface area contributed by atoms with Crippen LogP contribution in [0.5, 0.6) is 0 Å². The molecule has 2 aromatic rings. The van der Waals surface area contributed by atoms with Gasteiger partial charge in [0.2, 0.25) is 0 Å². The summed E-state index contributed by atoms with van der Waals surface area (Å²) in [6.07, 6.45) is 4.11. The second-order valence-corrected chi connectivity index (χ2v) is 4.21. The average Bonchev–Trinajstić information content (AvgIpc) is 2.80. The van der Waals surface area contributed by atoms with E-state index in [4.69, 9.17) is 17.3 Å². The number of hydrogen-bond acceptors (Lipinski definition) is 2. The number of imidazole rings is 1. The quantitative estimate of drug-likeness (QED) is 0.914. The molecular formula is C12H13ClFN3. The topological polar surface area (TPSA) is 43.8 Å². The zero-order valence-corrected chi connectivity index (χ0v) is 10.2. The summed E-state index contributed by atoms with van der Waals surface area (Å²) < 4.78 is 15.2. The van der Waals surface area contributed by atoms with Gasteiger partial charge in [-0.3, -0.25) is 0 Å². The number of benzene rings is 1. The van der Waals surface area contributed by atoms with Crippen LogP contribution >= 0.6 is 11.6 Å². The summed E-state index contributed by atoms with van der Waals surface area (Å²) in [4.78, 5) is 4.05. The molecule has 0 unspecified atom stereocenters. The molecule has 0 aliphatic rings. The van der Waals surface area contributed by atoms with E-state index >= 15 is 0 Å². The molecule has 90 valence electrons. The van der Waals surface area contributed by atoms with Crippen molar-refractivity contribution < 1.29 is 4.39 Å². The first-order valence-corrected chi connectivity index (χ1v) is 5.74. The molecule has 1 aromatic carbocycles. The van der Waals surface area contributed by atoms with Crippen molar-refractivity contribution in [2.75, 3.05) is 0 Å². The third kappa shape index (κ3) is 2.33. The second-order valence-electron chi connectivity index (χ2n) is 3.80. The highest BCUT2D eigenvalue weighted by molar-refractivity contribution is 6.30. The highest BCUT2D eigenvalue weighted by Gasteiger charge is 2.11. The van der Waals surface area contributed by atoms with Crippen LogP contribution < -0.4 is 5.73 Å². The normalized spacial score (nSPS) is 12.7. The standard InChI is InChI=1S/C12H13ClFN3/c1-2-11(15)12-6-16-7-17(12)8-3-4-9(13)10(14)5-8/h3-7,11H,2,15H2,1H3/t11-/m1/s1. The molecule has 3 nitrogen and oxygen atoms in total. The second kappa shape index (κ2) is 4.85. The number of rotatable bonds is 3. The Labute approximate surface area is 104 Å². The van der Waals surface area contributed by atoms with Gasteiger partial charge in [0.15, 0.2) is 0 Å². The van der Waals surface area contributed by atoms with E-state index in [1.807, 2.05) is 6.92 Å². The van der Waals surface area contributed by atoms with Gasteiger partial charge in [-0.1, -0.05) is 18.5 Å². The summed E-state index contributed by atoms with van der Waals surface area (Å²) in [6.45, 7) is 1.99. The smallest absolute Gasteiger partial charge is 0.143 e. The Hall–Kier alpha value is -1.39. The SMILES string of the molecule is CC[C@@H](N)c1cncn1-c1ccc(Cl)c(F)c1. The Bertz CT molecular complexity index is 524. The molecule has 1 aromatic heterocycles. The Kier molecular flexibility index (Phi) is 3.45. The molecule has 0 saturated heterocycles. The maximum atomic E-state index is 13.4. The fraction of sp³-hybridized carbons (Fsp3) is 0.250. The van der Waals surface area contributed by atoms with Crippen LogP contribution in [0.1, 0.15) is 25.1 Å². The first-order valence-electron chi connectivity index (χ1n) is 5.36. The lowest BCUT2D eigenvalue weighted by Crippen LogP contribution is -2.13. The number of nitrogens with zero attached hydrogens (tertiary/aromatic N) is 2. The van der Waals surface area contributed by atoms with Gasteiger partial charge in [0.1, 0.15) is 5.82 Å². The van der Waals surface area contributed by atoms with Crippen molar-refractivity contribution in [2.24, 2.45) is 5.73 Å². The molecule has 2 N–H and O–H groups in total. The van der Waals surface area contributed by atoms with Gasteiger partial charge in [-0.2, -0.15) is 0 Å². The van der Waals surface area contributed by atoms with Gasteiger partial charge in [-0.05, 0) is 24.6 Å². The van der Waals surface area contributed by atoms with Crippen molar-refractivity contribution >= 4 is 11.6 Å². The van der Waals surface area contributed by atoms with Crippen LogP contribution in [0.4, 0.5) is 4.39 Å². The monoisotopic (exact) mass is 253 g/mol. The van der Waals surface area contributed by atoms with Crippen LogP contribution in [0.15, 0.2) is 30.7 Å². The molecule has 0 aliphatic carbocycles. The van der Waals surface area contributed by atoms with Gasteiger partial charge < -0.3 is 10.3 Å². The lowest BCUT2D eigenvalue weighted by molar-refractivity contribution is 0.624. The summed E-state index contributed by atoms with van der Waals surface area (Å²) >= 11 is 5.65. The third-order valence-electron chi connectivity index (χ3n) is 2.67. The van der Waals surface area contributed by atoms with Gasteiger partial charge in [-0.15, -0.1) is 0 Å². The van der Waals surface area contributed by atoms with E-state index < -0.39 is 5.82 Å². The molecule has 5 heteroatoms. The number of hydrogen-bond donors (Lipinski definition) is 1. The van der Waals surface area contributed by atoms with Crippen LogP contribution in [-0.4, -0.2) is 9.55 Å². The Balaban J connectivity index is 2.46. The van der Waals surface area contributed by atoms with Crippen LogP contribution in [0.2, 0.25) is 5.02 Å². The lowest BCUT2D eigenvalue weighted by Gasteiger charge is -2.13. The van der Waals surface area contributed by atoms with E-state index in [9.17, 15) is 4.39 Å². The average molecular weight is 254 g/mol. The highest BCUT2D eigenvalue weighted by Crippen LogP contribution is 2.22. The van der Waals surface area contributed by atoms with Crippen LogP contribution in [0, 0.1) is 5.82 Å². The van der Waals surface area contributed by atoms with Crippen molar-refractivity contribution in [3.05, 3.63) is 47.3 Å². The zero-order valence-electron chi connectivity index (χ0n) is 9.40. The van der Waals surface area contributed by atoms with Gasteiger partial charge in [0, 0.05) is 11.7 Å². The minimum atomic E-state index is -0.450. The van der Waals surface area contributed by atoms with Crippen LogP contribution in [0.3, 0.4) is 0 Å². The number of halogens is 2. The molecular weight excluding hydrogens is 241 g/mol. The fourth-order valence-electron chi connectivity index (χ4n) is 1.64. The Morgan fingerprint density at radius 2 is 2.29 bits per heavy atom. The first kappa shape index (κ1) is 12.1. The minimum Gasteiger partial charge on any atom is -0.323 e. The minimum absolute atomic E-state index is 0.107. The molecule has 0 radical (unpaired) electrons. The zero-order chi connectivity index (χ0) is 12.4. The predicted molar refractivity (Wildman–Crippen MR) is 65.8 cm³/mol. The van der Waals surface area contributed by atoms with Crippen molar-refractivity contribution in [3.63, 3.8) is 0 Å². The maximum absolute atomic E-state index is 13.4. The fourth-order valence-corrected chi connectivity index (χ4v) is 1.76. The lowest BCUT2D eigenvalue weighted by atomic mass is 10.2. The summed E-state index contributed by atoms with van der Waals surface area (Å²) in [5.74, 6) is -0.450. The molecule has 2 rings (SSSR count). The van der Waals surface area contributed by atoms with Gasteiger partial charge in [-0.25, -0.2) is 9.37 Å². The summed E-state index contributed by atoms with van der Waals surface area (Å²) in [6, 6.07) is 4.51. The van der Waals surface area contributed by atoms with Crippen molar-refractivity contribution in [3.8, 4) is 5.69 Å². The van der Waals surface area contributed by atoms with Crippen LogP contribution in [-0.2, 0) is 0 Å². The molecule has 1 heterocycles. The van der Waals surface area contributed by atoms with E-state index in [0.29, 0.717) is 5.69 Å². The summed E-state index contributed by atoms with van der Waals surface area (Å²) in [7, 11) is 0. The molecule has 0 bridgehead atoms. The van der Waals surface area contributed by atoms with Gasteiger partial charge in [0.25, 0.3) is 0 Å².